The van der Waals surface area contributed by atoms with Crippen LogP contribution in [0, 0.1) is 0 Å². The minimum atomic E-state index is -0.512. The summed E-state index contributed by atoms with van der Waals surface area (Å²) >= 11 is 0. The number of aromatic nitrogens is 2. The molecule has 21 heavy (non-hydrogen) atoms. The fourth-order valence-electron chi connectivity index (χ4n) is 2.92. The van der Waals surface area contributed by atoms with Gasteiger partial charge in [0, 0.05) is 19.5 Å². The van der Waals surface area contributed by atoms with Gasteiger partial charge in [0.25, 0.3) is 0 Å². The number of rotatable bonds is 6. The SMILES string of the molecule is CCCC1(O)CN(Cc2nc(Cc3ccccc3)no2)C1. The van der Waals surface area contributed by atoms with Gasteiger partial charge >= 0.3 is 0 Å². The highest BCUT2D eigenvalue weighted by molar-refractivity contribution is 5.18. The molecular weight excluding hydrogens is 266 g/mol. The van der Waals surface area contributed by atoms with Crippen LogP contribution in [-0.2, 0) is 13.0 Å². The van der Waals surface area contributed by atoms with Crippen molar-refractivity contribution in [2.75, 3.05) is 13.1 Å². The van der Waals surface area contributed by atoms with Crippen LogP contribution in [0.3, 0.4) is 0 Å². The fraction of sp³-hybridized carbons (Fsp3) is 0.500. The van der Waals surface area contributed by atoms with Crippen LogP contribution in [0.4, 0.5) is 0 Å². The zero-order valence-corrected chi connectivity index (χ0v) is 12.3. The van der Waals surface area contributed by atoms with E-state index in [2.05, 4.69) is 34.1 Å². The van der Waals surface area contributed by atoms with Crippen LogP contribution >= 0.6 is 0 Å². The van der Waals surface area contributed by atoms with E-state index >= 15 is 0 Å². The predicted octanol–water partition coefficient (Wildman–Crippen LogP) is 2.01. The molecule has 0 amide bonds. The first-order valence-electron chi connectivity index (χ1n) is 7.47. The smallest absolute Gasteiger partial charge is 0.240 e. The molecule has 0 radical (unpaired) electrons. The highest BCUT2D eigenvalue weighted by atomic mass is 16.5. The highest BCUT2D eigenvalue weighted by Gasteiger charge is 2.40. The summed E-state index contributed by atoms with van der Waals surface area (Å²) in [6.45, 7) is 4.09. The van der Waals surface area contributed by atoms with Crippen molar-refractivity contribution in [3.63, 3.8) is 0 Å². The lowest BCUT2D eigenvalue weighted by Crippen LogP contribution is -2.60. The Hall–Kier alpha value is -1.72. The molecule has 3 rings (SSSR count). The molecule has 0 unspecified atom stereocenters. The molecule has 2 heterocycles. The lowest BCUT2D eigenvalue weighted by molar-refractivity contribution is -0.109. The normalized spacial score (nSPS) is 17.6. The van der Waals surface area contributed by atoms with Gasteiger partial charge in [-0.1, -0.05) is 48.8 Å². The van der Waals surface area contributed by atoms with Crippen LogP contribution in [0.5, 0.6) is 0 Å². The molecule has 0 saturated carbocycles. The molecular formula is C16H21N3O2. The van der Waals surface area contributed by atoms with E-state index < -0.39 is 5.60 Å². The molecule has 1 fully saturated rings. The second-order valence-corrected chi connectivity index (χ2v) is 5.89. The van der Waals surface area contributed by atoms with Crippen LogP contribution in [0.25, 0.3) is 0 Å². The quantitative estimate of drug-likeness (QED) is 0.880. The summed E-state index contributed by atoms with van der Waals surface area (Å²) < 4.78 is 5.29. The number of nitrogens with zero attached hydrogens (tertiary/aromatic N) is 3. The van der Waals surface area contributed by atoms with Crippen molar-refractivity contribution >= 4 is 0 Å². The molecule has 0 atom stereocenters. The number of hydrogen-bond acceptors (Lipinski definition) is 5. The van der Waals surface area contributed by atoms with E-state index in [9.17, 15) is 5.11 Å². The van der Waals surface area contributed by atoms with Crippen LogP contribution in [-0.4, -0.2) is 38.8 Å². The van der Waals surface area contributed by atoms with Gasteiger partial charge in [-0.25, -0.2) is 0 Å². The Morgan fingerprint density at radius 2 is 2.05 bits per heavy atom. The van der Waals surface area contributed by atoms with Gasteiger partial charge in [0.2, 0.25) is 5.89 Å². The molecule has 1 N–H and O–H groups in total. The average Bonchev–Trinajstić information content (AvgIpc) is 2.86. The topological polar surface area (TPSA) is 62.4 Å². The highest BCUT2D eigenvalue weighted by Crippen LogP contribution is 2.26. The van der Waals surface area contributed by atoms with Crippen LogP contribution in [0.15, 0.2) is 34.9 Å². The van der Waals surface area contributed by atoms with E-state index in [1.807, 2.05) is 18.2 Å². The number of hydrogen-bond donors (Lipinski definition) is 1. The molecule has 1 aliphatic heterocycles. The van der Waals surface area contributed by atoms with E-state index in [0.29, 0.717) is 37.8 Å². The maximum absolute atomic E-state index is 10.2. The molecule has 1 aromatic heterocycles. The maximum atomic E-state index is 10.2. The van der Waals surface area contributed by atoms with Crippen molar-refractivity contribution in [2.24, 2.45) is 0 Å². The molecule has 5 nitrogen and oxygen atoms in total. The van der Waals surface area contributed by atoms with Gasteiger partial charge in [-0.2, -0.15) is 4.98 Å². The first kappa shape index (κ1) is 14.2. The van der Waals surface area contributed by atoms with E-state index in [-0.39, 0.29) is 0 Å². The van der Waals surface area contributed by atoms with E-state index in [4.69, 9.17) is 4.52 Å². The molecule has 5 heteroatoms. The lowest BCUT2D eigenvalue weighted by Gasteiger charge is -2.46. The molecule has 1 aliphatic rings. The largest absolute Gasteiger partial charge is 0.387 e. The summed E-state index contributed by atoms with van der Waals surface area (Å²) in [6, 6.07) is 10.1. The van der Waals surface area contributed by atoms with Crippen molar-refractivity contribution < 1.29 is 9.63 Å². The second kappa shape index (κ2) is 5.95. The van der Waals surface area contributed by atoms with Gasteiger partial charge in [-0.3, -0.25) is 4.90 Å². The molecule has 1 saturated heterocycles. The minimum Gasteiger partial charge on any atom is -0.387 e. The summed E-state index contributed by atoms with van der Waals surface area (Å²) in [4.78, 5) is 6.55. The van der Waals surface area contributed by atoms with Crippen molar-refractivity contribution in [2.45, 2.75) is 38.3 Å². The Bertz CT molecular complexity index is 576. The van der Waals surface area contributed by atoms with Gasteiger partial charge in [0.1, 0.15) is 0 Å². The standard InChI is InChI=1S/C16H21N3O2/c1-2-8-16(20)11-19(12-16)10-15-17-14(18-21-15)9-13-6-4-3-5-7-13/h3-7,20H,2,8-12H2,1H3. The van der Waals surface area contributed by atoms with Gasteiger partial charge in [-0.15, -0.1) is 0 Å². The van der Waals surface area contributed by atoms with E-state index in [1.165, 1.54) is 5.56 Å². The number of likely N-dealkylation sites (tertiary alicyclic amines) is 1. The van der Waals surface area contributed by atoms with Gasteiger partial charge in [0.05, 0.1) is 12.1 Å². The minimum absolute atomic E-state index is 0.512. The summed E-state index contributed by atoms with van der Waals surface area (Å²) in [5.74, 6) is 1.33. The van der Waals surface area contributed by atoms with E-state index in [0.717, 1.165) is 12.8 Å². The predicted molar refractivity (Wildman–Crippen MR) is 78.7 cm³/mol. The van der Waals surface area contributed by atoms with Crippen molar-refractivity contribution in [3.8, 4) is 0 Å². The lowest BCUT2D eigenvalue weighted by atomic mass is 9.89. The van der Waals surface area contributed by atoms with Crippen molar-refractivity contribution in [1.29, 1.82) is 0 Å². The first-order valence-corrected chi connectivity index (χ1v) is 7.47. The Kier molecular flexibility index (Phi) is 4.03. The Labute approximate surface area is 124 Å². The fourth-order valence-corrected chi connectivity index (χ4v) is 2.92. The van der Waals surface area contributed by atoms with Gasteiger partial charge in [-0.05, 0) is 12.0 Å². The Morgan fingerprint density at radius 3 is 2.76 bits per heavy atom. The van der Waals surface area contributed by atoms with Gasteiger partial charge in [0.15, 0.2) is 5.82 Å². The molecule has 0 aliphatic carbocycles. The molecule has 2 aromatic rings. The first-order chi connectivity index (χ1) is 10.2. The number of benzene rings is 1. The van der Waals surface area contributed by atoms with Crippen LogP contribution < -0.4 is 0 Å². The van der Waals surface area contributed by atoms with Gasteiger partial charge < -0.3 is 9.63 Å². The van der Waals surface area contributed by atoms with Crippen LogP contribution in [0.1, 0.15) is 37.0 Å². The molecule has 1 aromatic carbocycles. The van der Waals surface area contributed by atoms with Crippen LogP contribution in [0.2, 0.25) is 0 Å². The maximum Gasteiger partial charge on any atom is 0.240 e. The third-order valence-electron chi connectivity index (χ3n) is 3.83. The second-order valence-electron chi connectivity index (χ2n) is 5.89. The Morgan fingerprint density at radius 1 is 1.29 bits per heavy atom. The third kappa shape index (κ3) is 3.49. The summed E-state index contributed by atoms with van der Waals surface area (Å²) in [5.41, 5.74) is 0.660. The zero-order chi connectivity index (χ0) is 14.7. The van der Waals surface area contributed by atoms with Crippen molar-refractivity contribution in [1.82, 2.24) is 15.0 Å². The number of aliphatic hydroxyl groups is 1. The molecule has 112 valence electrons. The Balaban J connectivity index is 1.52. The molecule has 0 bridgehead atoms. The number of β-amino-alcohol motifs (C(OH)–C–C–N with tert-alkyl or cyclic N) is 1. The van der Waals surface area contributed by atoms with Crippen molar-refractivity contribution in [3.05, 3.63) is 47.6 Å². The third-order valence-corrected chi connectivity index (χ3v) is 3.83. The zero-order valence-electron chi connectivity index (χ0n) is 12.3. The summed E-state index contributed by atoms with van der Waals surface area (Å²) in [5, 5.41) is 14.2. The average molecular weight is 287 g/mol. The molecule has 0 spiro atoms. The summed E-state index contributed by atoms with van der Waals surface area (Å²) in [7, 11) is 0. The summed E-state index contributed by atoms with van der Waals surface area (Å²) in [6.07, 6.45) is 2.54. The monoisotopic (exact) mass is 287 g/mol. The van der Waals surface area contributed by atoms with E-state index in [1.54, 1.807) is 0 Å².